The predicted octanol–water partition coefficient (Wildman–Crippen LogP) is 1.54. The van der Waals surface area contributed by atoms with Crippen LogP contribution in [0.2, 0.25) is 0 Å². The Morgan fingerprint density at radius 2 is 2.11 bits per heavy atom. The van der Waals surface area contributed by atoms with Crippen LogP contribution in [0.5, 0.6) is 0 Å². The summed E-state index contributed by atoms with van der Waals surface area (Å²) in [6.07, 6.45) is 0.531. The molecule has 4 nitrogen and oxygen atoms in total. The van der Waals surface area contributed by atoms with Crippen molar-refractivity contribution in [2.75, 3.05) is 13.7 Å². The van der Waals surface area contributed by atoms with E-state index in [1.165, 1.54) is 0 Å². The first-order chi connectivity index (χ1) is 8.56. The first kappa shape index (κ1) is 14.7. The van der Waals surface area contributed by atoms with Crippen molar-refractivity contribution in [2.24, 2.45) is 5.73 Å². The number of aryl methyl sites for hydroxylation is 1. The standard InChI is InChI=1S/C14H22N2O2/c1-10-6-4-5-7-12(10)11(2)16-14(17)13(15)8-9-18-3/h4-7,11,13H,8-9,15H2,1-3H3,(H,16,17)/t11-,13?/m0/s1. The molecular formula is C14H22N2O2. The number of ether oxygens (including phenoxy) is 1. The lowest BCUT2D eigenvalue weighted by Crippen LogP contribution is -2.42. The Kier molecular flexibility index (Phi) is 5.82. The van der Waals surface area contributed by atoms with E-state index in [0.29, 0.717) is 13.0 Å². The number of amides is 1. The van der Waals surface area contributed by atoms with E-state index in [-0.39, 0.29) is 11.9 Å². The van der Waals surface area contributed by atoms with Gasteiger partial charge in [-0.2, -0.15) is 0 Å². The molecule has 0 aliphatic heterocycles. The van der Waals surface area contributed by atoms with Crippen LogP contribution in [-0.4, -0.2) is 25.7 Å². The number of nitrogens with one attached hydrogen (secondary N) is 1. The zero-order valence-electron chi connectivity index (χ0n) is 11.3. The molecule has 1 unspecified atom stereocenters. The van der Waals surface area contributed by atoms with Gasteiger partial charge in [0.2, 0.25) is 5.91 Å². The molecule has 100 valence electrons. The second-order valence-electron chi connectivity index (χ2n) is 4.47. The molecule has 0 saturated carbocycles. The highest BCUT2D eigenvalue weighted by atomic mass is 16.5. The molecule has 0 saturated heterocycles. The average molecular weight is 250 g/mol. The van der Waals surface area contributed by atoms with Crippen LogP contribution in [0.1, 0.15) is 30.5 Å². The van der Waals surface area contributed by atoms with Crippen LogP contribution in [0.4, 0.5) is 0 Å². The summed E-state index contributed by atoms with van der Waals surface area (Å²) in [6.45, 7) is 4.49. The van der Waals surface area contributed by atoms with Gasteiger partial charge < -0.3 is 15.8 Å². The quantitative estimate of drug-likeness (QED) is 0.805. The van der Waals surface area contributed by atoms with Crippen molar-refractivity contribution >= 4 is 5.91 Å². The summed E-state index contributed by atoms with van der Waals surface area (Å²) in [5.74, 6) is -0.136. The smallest absolute Gasteiger partial charge is 0.237 e. The molecule has 1 aromatic rings. The van der Waals surface area contributed by atoms with Crippen LogP contribution in [-0.2, 0) is 9.53 Å². The molecule has 0 heterocycles. The number of nitrogens with two attached hydrogens (primary N) is 1. The normalized spacial score (nSPS) is 14.0. The first-order valence-corrected chi connectivity index (χ1v) is 6.16. The molecule has 0 spiro atoms. The molecular weight excluding hydrogens is 228 g/mol. The molecule has 0 bridgehead atoms. The molecule has 0 aliphatic carbocycles. The van der Waals surface area contributed by atoms with Crippen LogP contribution >= 0.6 is 0 Å². The SMILES string of the molecule is COCCC(N)C(=O)N[C@@H](C)c1ccccc1C. The van der Waals surface area contributed by atoms with Gasteiger partial charge in [-0.3, -0.25) is 4.79 Å². The summed E-state index contributed by atoms with van der Waals surface area (Å²) >= 11 is 0. The Morgan fingerprint density at radius 1 is 1.44 bits per heavy atom. The Hall–Kier alpha value is -1.39. The van der Waals surface area contributed by atoms with E-state index in [1.807, 2.05) is 38.1 Å². The highest BCUT2D eigenvalue weighted by Gasteiger charge is 2.16. The fourth-order valence-electron chi connectivity index (χ4n) is 1.85. The lowest BCUT2D eigenvalue weighted by molar-refractivity contribution is -0.123. The molecule has 1 amide bonds. The molecule has 4 heteroatoms. The lowest BCUT2D eigenvalue weighted by atomic mass is 10.0. The summed E-state index contributed by atoms with van der Waals surface area (Å²) in [5, 5.41) is 2.93. The van der Waals surface area contributed by atoms with Crippen LogP contribution in [0, 0.1) is 6.92 Å². The molecule has 0 radical (unpaired) electrons. The fourth-order valence-corrected chi connectivity index (χ4v) is 1.85. The minimum absolute atomic E-state index is 0.0349. The van der Waals surface area contributed by atoms with Crippen molar-refractivity contribution in [1.82, 2.24) is 5.32 Å². The number of rotatable bonds is 6. The Bertz CT molecular complexity index is 393. The number of carbonyl (C=O) groups is 1. The molecule has 3 N–H and O–H groups in total. The first-order valence-electron chi connectivity index (χ1n) is 6.16. The van der Waals surface area contributed by atoms with E-state index in [2.05, 4.69) is 5.32 Å². The Balaban J connectivity index is 2.57. The Labute approximate surface area is 109 Å². The highest BCUT2D eigenvalue weighted by molar-refractivity contribution is 5.81. The van der Waals surface area contributed by atoms with Crippen molar-refractivity contribution < 1.29 is 9.53 Å². The second-order valence-corrected chi connectivity index (χ2v) is 4.47. The third kappa shape index (κ3) is 4.13. The van der Waals surface area contributed by atoms with Gasteiger partial charge in [-0.25, -0.2) is 0 Å². The van der Waals surface area contributed by atoms with Crippen LogP contribution in [0.3, 0.4) is 0 Å². The maximum atomic E-state index is 11.9. The van der Waals surface area contributed by atoms with Crippen molar-refractivity contribution in [3.63, 3.8) is 0 Å². The van der Waals surface area contributed by atoms with Gasteiger partial charge >= 0.3 is 0 Å². The van der Waals surface area contributed by atoms with Gasteiger partial charge in [-0.05, 0) is 31.4 Å². The predicted molar refractivity (Wildman–Crippen MR) is 72.2 cm³/mol. The number of methoxy groups -OCH3 is 1. The molecule has 0 aromatic heterocycles. The molecule has 1 aromatic carbocycles. The van der Waals surface area contributed by atoms with Gasteiger partial charge in [0.05, 0.1) is 12.1 Å². The molecule has 1 rings (SSSR count). The van der Waals surface area contributed by atoms with E-state index in [1.54, 1.807) is 7.11 Å². The van der Waals surface area contributed by atoms with E-state index in [9.17, 15) is 4.79 Å². The van der Waals surface area contributed by atoms with Gasteiger partial charge in [-0.15, -0.1) is 0 Å². The minimum atomic E-state index is -0.517. The lowest BCUT2D eigenvalue weighted by Gasteiger charge is -2.19. The highest BCUT2D eigenvalue weighted by Crippen LogP contribution is 2.16. The molecule has 0 fully saturated rings. The largest absolute Gasteiger partial charge is 0.385 e. The summed E-state index contributed by atoms with van der Waals surface area (Å²) in [6, 6.07) is 7.45. The number of benzene rings is 1. The van der Waals surface area contributed by atoms with Gasteiger partial charge in [-0.1, -0.05) is 24.3 Å². The zero-order valence-corrected chi connectivity index (χ0v) is 11.3. The van der Waals surface area contributed by atoms with Crippen molar-refractivity contribution in [2.45, 2.75) is 32.4 Å². The maximum absolute atomic E-state index is 11.9. The van der Waals surface area contributed by atoms with Gasteiger partial charge in [0.15, 0.2) is 0 Å². The second kappa shape index (κ2) is 7.13. The fraction of sp³-hybridized carbons (Fsp3) is 0.500. The Morgan fingerprint density at radius 3 is 2.72 bits per heavy atom. The van der Waals surface area contributed by atoms with Gasteiger partial charge in [0.25, 0.3) is 0 Å². The molecule has 0 aliphatic rings. The average Bonchev–Trinajstić information content (AvgIpc) is 2.36. The summed E-state index contributed by atoms with van der Waals surface area (Å²) in [7, 11) is 1.60. The van der Waals surface area contributed by atoms with E-state index < -0.39 is 6.04 Å². The topological polar surface area (TPSA) is 64.3 Å². The zero-order chi connectivity index (χ0) is 13.5. The van der Waals surface area contributed by atoms with Crippen molar-refractivity contribution in [3.8, 4) is 0 Å². The van der Waals surface area contributed by atoms with E-state index in [4.69, 9.17) is 10.5 Å². The number of carbonyl (C=O) groups excluding carboxylic acids is 1. The summed E-state index contributed by atoms with van der Waals surface area (Å²) < 4.78 is 4.91. The number of hydrogen-bond acceptors (Lipinski definition) is 3. The van der Waals surface area contributed by atoms with Crippen molar-refractivity contribution in [1.29, 1.82) is 0 Å². The van der Waals surface area contributed by atoms with Crippen LogP contribution in [0.25, 0.3) is 0 Å². The van der Waals surface area contributed by atoms with E-state index in [0.717, 1.165) is 11.1 Å². The minimum Gasteiger partial charge on any atom is -0.385 e. The third-order valence-electron chi connectivity index (χ3n) is 2.98. The molecule has 2 atom stereocenters. The maximum Gasteiger partial charge on any atom is 0.237 e. The monoisotopic (exact) mass is 250 g/mol. The summed E-state index contributed by atoms with van der Waals surface area (Å²) in [4.78, 5) is 11.9. The van der Waals surface area contributed by atoms with Crippen molar-refractivity contribution in [3.05, 3.63) is 35.4 Å². The van der Waals surface area contributed by atoms with Crippen LogP contribution in [0.15, 0.2) is 24.3 Å². The molecule has 18 heavy (non-hydrogen) atoms. The van der Waals surface area contributed by atoms with Gasteiger partial charge in [0, 0.05) is 13.7 Å². The van der Waals surface area contributed by atoms with Crippen LogP contribution < -0.4 is 11.1 Å². The summed E-state index contributed by atoms with van der Waals surface area (Å²) in [5.41, 5.74) is 8.05. The van der Waals surface area contributed by atoms with E-state index >= 15 is 0 Å². The number of hydrogen-bond donors (Lipinski definition) is 2. The third-order valence-corrected chi connectivity index (χ3v) is 2.98. The van der Waals surface area contributed by atoms with Gasteiger partial charge in [0.1, 0.15) is 0 Å².